The average Bonchev–Trinajstić information content (AvgIpc) is 3.31. The smallest absolute Gasteiger partial charge is 0.308 e. The number of hydrogen-bond donors (Lipinski definition) is 0. The summed E-state index contributed by atoms with van der Waals surface area (Å²) in [6.45, 7) is 7.24. The molecule has 1 aliphatic heterocycles. The molecule has 0 saturated heterocycles. The van der Waals surface area contributed by atoms with E-state index in [0.717, 1.165) is 34.2 Å². The average molecular weight is 395 g/mol. The third-order valence-corrected chi connectivity index (χ3v) is 5.09. The lowest BCUT2D eigenvalue weighted by molar-refractivity contribution is -0.144. The Bertz CT molecular complexity index is 1040. The zero-order valence-electron chi connectivity index (χ0n) is 17.1. The maximum absolute atomic E-state index is 11.7. The minimum absolute atomic E-state index is 0.198. The van der Waals surface area contributed by atoms with Crippen molar-refractivity contribution < 1.29 is 14.3 Å². The van der Waals surface area contributed by atoms with Gasteiger partial charge in [-0.3, -0.25) is 4.79 Å². The summed E-state index contributed by atoms with van der Waals surface area (Å²) in [5.74, 6) is 1.96. The van der Waals surface area contributed by atoms with Crippen LogP contribution in [0.5, 0.6) is 5.75 Å². The molecule has 1 atom stereocenters. The van der Waals surface area contributed by atoms with Gasteiger partial charge in [0.2, 0.25) is 0 Å². The predicted octanol–water partition coefficient (Wildman–Crippen LogP) is 3.13. The van der Waals surface area contributed by atoms with Crippen molar-refractivity contribution >= 4 is 5.97 Å². The first-order chi connectivity index (χ1) is 14.0. The van der Waals surface area contributed by atoms with E-state index in [0.29, 0.717) is 19.6 Å². The third-order valence-electron chi connectivity index (χ3n) is 5.09. The van der Waals surface area contributed by atoms with Gasteiger partial charge in [-0.1, -0.05) is 13.0 Å². The maximum Gasteiger partial charge on any atom is 0.308 e. The van der Waals surface area contributed by atoms with Crippen LogP contribution in [0.2, 0.25) is 0 Å². The quantitative estimate of drug-likeness (QED) is 0.617. The normalized spacial score (nSPS) is 14.0. The highest BCUT2D eigenvalue weighted by molar-refractivity contribution is 5.73. The zero-order chi connectivity index (χ0) is 20.5. The molecule has 4 rings (SSSR count). The van der Waals surface area contributed by atoms with Gasteiger partial charge in [0, 0.05) is 12.2 Å². The molecular formula is C21H25N5O3. The Morgan fingerprint density at radius 1 is 1.28 bits per heavy atom. The topological polar surface area (TPSA) is 84.1 Å². The van der Waals surface area contributed by atoms with E-state index in [9.17, 15) is 4.79 Å². The van der Waals surface area contributed by atoms with E-state index in [-0.39, 0.29) is 17.9 Å². The first-order valence-corrected chi connectivity index (χ1v) is 9.79. The van der Waals surface area contributed by atoms with E-state index >= 15 is 0 Å². The van der Waals surface area contributed by atoms with Crippen LogP contribution in [-0.4, -0.2) is 44.0 Å². The fourth-order valence-electron chi connectivity index (χ4n) is 3.61. The van der Waals surface area contributed by atoms with Crippen molar-refractivity contribution in [2.75, 3.05) is 13.7 Å². The summed E-state index contributed by atoms with van der Waals surface area (Å²) < 4.78 is 14.8. The number of esters is 1. The van der Waals surface area contributed by atoms with Crippen molar-refractivity contribution in [3.05, 3.63) is 36.3 Å². The number of benzene rings is 1. The molecule has 0 spiro atoms. The molecule has 0 bridgehead atoms. The third kappa shape index (κ3) is 3.62. The van der Waals surface area contributed by atoms with Crippen LogP contribution in [0.15, 0.2) is 30.7 Å². The van der Waals surface area contributed by atoms with Crippen LogP contribution in [0.4, 0.5) is 0 Å². The molecule has 29 heavy (non-hydrogen) atoms. The predicted molar refractivity (Wildman–Crippen MR) is 107 cm³/mol. The van der Waals surface area contributed by atoms with E-state index < -0.39 is 0 Å². The summed E-state index contributed by atoms with van der Waals surface area (Å²) in [4.78, 5) is 21.0. The van der Waals surface area contributed by atoms with Gasteiger partial charge >= 0.3 is 5.97 Å². The second-order valence-electron chi connectivity index (χ2n) is 7.57. The van der Waals surface area contributed by atoms with Crippen LogP contribution in [0.25, 0.3) is 22.9 Å². The van der Waals surface area contributed by atoms with Crippen LogP contribution < -0.4 is 4.74 Å². The molecule has 152 valence electrons. The lowest BCUT2D eigenvalue weighted by atomic mass is 9.99. The molecule has 0 N–H and O–H groups in total. The molecule has 8 heteroatoms. The van der Waals surface area contributed by atoms with Crippen LogP contribution in [0.1, 0.15) is 32.4 Å². The van der Waals surface area contributed by atoms with Crippen molar-refractivity contribution in [3.63, 3.8) is 0 Å². The molecule has 8 nitrogen and oxygen atoms in total. The molecule has 1 unspecified atom stereocenters. The molecular weight excluding hydrogens is 370 g/mol. The van der Waals surface area contributed by atoms with E-state index in [1.54, 1.807) is 6.33 Å². The van der Waals surface area contributed by atoms with Crippen LogP contribution in [0, 0.1) is 5.92 Å². The Morgan fingerprint density at radius 2 is 2.10 bits per heavy atom. The van der Waals surface area contributed by atoms with Gasteiger partial charge in [0.15, 0.2) is 5.82 Å². The largest absolute Gasteiger partial charge is 0.491 e. The molecule has 0 aliphatic carbocycles. The summed E-state index contributed by atoms with van der Waals surface area (Å²) in [5.41, 5.74) is 2.75. The molecule has 2 aromatic heterocycles. The minimum Gasteiger partial charge on any atom is -0.491 e. The Hall–Kier alpha value is -3.16. The van der Waals surface area contributed by atoms with E-state index in [4.69, 9.17) is 14.5 Å². The SMILES string of the molecule is COC(=O)C(C)Cc1ccc2c(c1)OCCn1cc(-c3ncnn3C(C)C)nc1-2. The Balaban J connectivity index is 1.69. The molecule has 3 heterocycles. The molecule has 1 aromatic carbocycles. The highest BCUT2D eigenvalue weighted by Crippen LogP contribution is 2.35. The number of rotatable bonds is 5. The summed E-state index contributed by atoms with van der Waals surface area (Å²) in [6, 6.07) is 6.22. The van der Waals surface area contributed by atoms with Gasteiger partial charge in [-0.05, 0) is 38.0 Å². The van der Waals surface area contributed by atoms with Gasteiger partial charge in [0.25, 0.3) is 0 Å². The standard InChI is InChI=1S/C21H25N5O3/c1-13(2)26-20(22-12-23-26)17-11-25-7-8-29-18-10-15(9-14(3)21(27)28-4)5-6-16(18)19(25)24-17/h5-6,10-14H,7-9H2,1-4H3. The zero-order valence-corrected chi connectivity index (χ0v) is 17.1. The van der Waals surface area contributed by atoms with Crippen LogP contribution in [-0.2, 0) is 22.5 Å². The molecule has 3 aromatic rings. The maximum atomic E-state index is 11.7. The first kappa shape index (κ1) is 19.2. The number of imidazole rings is 1. The van der Waals surface area contributed by atoms with Crippen molar-refractivity contribution in [3.8, 4) is 28.7 Å². The van der Waals surface area contributed by atoms with Crippen LogP contribution >= 0.6 is 0 Å². The number of hydrogen-bond acceptors (Lipinski definition) is 6. The highest BCUT2D eigenvalue weighted by Gasteiger charge is 2.22. The van der Waals surface area contributed by atoms with Crippen molar-refractivity contribution in [1.29, 1.82) is 0 Å². The Kier molecular flexibility index (Phi) is 5.08. The van der Waals surface area contributed by atoms with Gasteiger partial charge in [-0.2, -0.15) is 5.10 Å². The number of carbonyl (C=O) groups excluding carboxylic acids is 1. The summed E-state index contributed by atoms with van der Waals surface area (Å²) >= 11 is 0. The van der Waals surface area contributed by atoms with Crippen LogP contribution in [0.3, 0.4) is 0 Å². The number of carbonyl (C=O) groups is 1. The summed E-state index contributed by atoms with van der Waals surface area (Å²) in [7, 11) is 1.41. The molecule has 0 saturated carbocycles. The number of methoxy groups -OCH3 is 1. The fraction of sp³-hybridized carbons (Fsp3) is 0.429. The van der Waals surface area contributed by atoms with Crippen molar-refractivity contribution in [1.82, 2.24) is 24.3 Å². The van der Waals surface area contributed by atoms with Gasteiger partial charge < -0.3 is 14.0 Å². The summed E-state index contributed by atoms with van der Waals surface area (Å²) in [6.07, 6.45) is 4.16. The first-order valence-electron chi connectivity index (χ1n) is 9.79. The molecule has 0 amide bonds. The molecule has 1 aliphatic rings. The van der Waals surface area contributed by atoms with Gasteiger partial charge in [0.05, 0.1) is 25.1 Å². The summed E-state index contributed by atoms with van der Waals surface area (Å²) in [5, 5.41) is 4.32. The fourth-order valence-corrected chi connectivity index (χ4v) is 3.61. The number of nitrogens with zero attached hydrogens (tertiary/aromatic N) is 5. The van der Waals surface area contributed by atoms with Gasteiger partial charge in [-0.15, -0.1) is 0 Å². The van der Waals surface area contributed by atoms with Crippen molar-refractivity contribution in [2.24, 2.45) is 5.92 Å². The number of ether oxygens (including phenoxy) is 2. The number of aromatic nitrogens is 5. The lowest BCUT2D eigenvalue weighted by Gasteiger charge is -2.12. The Labute approximate surface area is 169 Å². The van der Waals surface area contributed by atoms with E-state index in [1.165, 1.54) is 7.11 Å². The van der Waals surface area contributed by atoms with E-state index in [1.807, 2.05) is 36.0 Å². The minimum atomic E-state index is -0.213. The number of fused-ring (bicyclic) bond motifs is 3. The monoisotopic (exact) mass is 395 g/mol. The van der Waals surface area contributed by atoms with Gasteiger partial charge in [-0.25, -0.2) is 14.6 Å². The van der Waals surface area contributed by atoms with Crippen molar-refractivity contribution in [2.45, 2.75) is 39.8 Å². The Morgan fingerprint density at radius 3 is 2.86 bits per heavy atom. The highest BCUT2D eigenvalue weighted by atomic mass is 16.5. The second-order valence-corrected chi connectivity index (χ2v) is 7.57. The molecule has 0 fully saturated rings. The molecule has 0 radical (unpaired) electrons. The lowest BCUT2D eigenvalue weighted by Crippen LogP contribution is -2.15. The second kappa shape index (κ2) is 7.69. The van der Waals surface area contributed by atoms with E-state index in [2.05, 4.69) is 28.5 Å². The van der Waals surface area contributed by atoms with Gasteiger partial charge in [0.1, 0.15) is 30.2 Å².